The van der Waals surface area contributed by atoms with Gasteiger partial charge in [0.25, 0.3) is 0 Å². The monoisotopic (exact) mass is 433 g/mol. The Bertz CT molecular complexity index is 1280. The van der Waals surface area contributed by atoms with Crippen molar-refractivity contribution < 1.29 is 8.42 Å². The summed E-state index contributed by atoms with van der Waals surface area (Å²) >= 11 is 5.45. The Morgan fingerprint density at radius 3 is 2.53 bits per heavy atom. The van der Waals surface area contributed by atoms with Crippen LogP contribution < -0.4 is 10.7 Å². The fourth-order valence-electron chi connectivity index (χ4n) is 3.91. The van der Waals surface area contributed by atoms with Gasteiger partial charge in [0, 0.05) is 24.1 Å². The SMILES string of the molecule is O=S1(=O)c2ccccc2-c2cc(C3=NNC(=S)C(NCc4ccccc4)C3)ccc21. The fourth-order valence-corrected chi connectivity index (χ4v) is 5.79. The molecule has 30 heavy (non-hydrogen) atoms. The quantitative estimate of drug-likeness (QED) is 0.481. The first-order valence-corrected chi connectivity index (χ1v) is 11.6. The standard InChI is InChI=1S/C23H19N3O2S2/c27-30(28)21-9-5-4-8-17(21)18-12-16(10-11-22(18)30)19-13-20(23(29)26-25-19)24-14-15-6-2-1-3-7-15/h1-12,20,24H,13-14H2,(H,26,29). The van der Waals surface area contributed by atoms with Gasteiger partial charge in [0.05, 0.1) is 21.5 Å². The summed E-state index contributed by atoms with van der Waals surface area (Å²) in [4.78, 5) is 1.37. The largest absolute Gasteiger partial charge is 0.303 e. The third-order valence-corrected chi connectivity index (χ3v) is 7.73. The average Bonchev–Trinajstić information content (AvgIpc) is 3.01. The third kappa shape index (κ3) is 3.25. The van der Waals surface area contributed by atoms with Crippen LogP contribution in [0.5, 0.6) is 0 Å². The lowest BCUT2D eigenvalue weighted by atomic mass is 9.97. The average molecular weight is 434 g/mol. The highest BCUT2D eigenvalue weighted by molar-refractivity contribution is 7.92. The van der Waals surface area contributed by atoms with Gasteiger partial charge in [-0.2, -0.15) is 5.10 Å². The highest BCUT2D eigenvalue weighted by Gasteiger charge is 2.33. The second-order valence-corrected chi connectivity index (χ2v) is 9.69. The minimum Gasteiger partial charge on any atom is -0.303 e. The van der Waals surface area contributed by atoms with Gasteiger partial charge in [-0.1, -0.05) is 66.8 Å². The predicted molar refractivity (Wildman–Crippen MR) is 121 cm³/mol. The summed E-state index contributed by atoms with van der Waals surface area (Å²) < 4.78 is 25.6. The molecule has 0 bridgehead atoms. The molecule has 0 radical (unpaired) electrons. The molecule has 1 unspecified atom stereocenters. The van der Waals surface area contributed by atoms with Gasteiger partial charge in [-0.3, -0.25) is 5.43 Å². The van der Waals surface area contributed by atoms with Gasteiger partial charge in [-0.05, 0) is 29.3 Å². The molecule has 2 aliphatic heterocycles. The summed E-state index contributed by atoms with van der Waals surface area (Å²) in [5, 5.41) is 7.93. The number of hydrazone groups is 1. The van der Waals surface area contributed by atoms with E-state index in [1.165, 1.54) is 5.56 Å². The minimum atomic E-state index is -3.46. The van der Waals surface area contributed by atoms with Crippen molar-refractivity contribution in [2.24, 2.45) is 5.10 Å². The van der Waals surface area contributed by atoms with Crippen LogP contribution in [0.1, 0.15) is 17.5 Å². The normalized spacial score (nSPS) is 18.9. The van der Waals surface area contributed by atoms with Gasteiger partial charge < -0.3 is 5.32 Å². The molecule has 5 rings (SSSR count). The van der Waals surface area contributed by atoms with Crippen molar-refractivity contribution in [3.8, 4) is 11.1 Å². The summed E-state index contributed by atoms with van der Waals surface area (Å²) in [7, 11) is -3.46. The molecule has 0 amide bonds. The first-order chi connectivity index (χ1) is 14.5. The van der Waals surface area contributed by atoms with Gasteiger partial charge in [-0.25, -0.2) is 8.42 Å². The van der Waals surface area contributed by atoms with Crippen molar-refractivity contribution in [2.75, 3.05) is 0 Å². The Kier molecular flexibility index (Phi) is 4.73. The molecule has 3 aromatic rings. The Labute approximate surface area is 180 Å². The first kappa shape index (κ1) is 19.1. The minimum absolute atomic E-state index is 0.0445. The third-order valence-electron chi connectivity index (χ3n) is 5.48. The van der Waals surface area contributed by atoms with E-state index in [0.717, 1.165) is 22.4 Å². The Hall–Kier alpha value is -2.87. The summed E-state index contributed by atoms with van der Waals surface area (Å²) in [6.45, 7) is 0.705. The molecule has 0 aromatic heterocycles. The van der Waals surface area contributed by atoms with E-state index < -0.39 is 9.84 Å². The Morgan fingerprint density at radius 1 is 0.967 bits per heavy atom. The number of hydrogen-bond donors (Lipinski definition) is 2. The van der Waals surface area contributed by atoms with E-state index in [1.54, 1.807) is 18.2 Å². The van der Waals surface area contributed by atoms with E-state index in [2.05, 4.69) is 28.0 Å². The van der Waals surface area contributed by atoms with Crippen LogP contribution in [-0.2, 0) is 16.4 Å². The molecule has 150 valence electrons. The van der Waals surface area contributed by atoms with Crippen LogP contribution in [0.25, 0.3) is 11.1 Å². The lowest BCUT2D eigenvalue weighted by Crippen LogP contribution is -2.46. The van der Waals surface area contributed by atoms with E-state index in [1.807, 2.05) is 42.5 Å². The van der Waals surface area contributed by atoms with Crippen LogP contribution in [0.3, 0.4) is 0 Å². The molecule has 2 heterocycles. The summed E-state index contributed by atoms with van der Waals surface area (Å²) in [6.07, 6.45) is 0.631. The molecule has 2 aliphatic rings. The Morgan fingerprint density at radius 2 is 1.70 bits per heavy atom. The van der Waals surface area contributed by atoms with Gasteiger partial charge in [0.1, 0.15) is 4.99 Å². The van der Waals surface area contributed by atoms with Crippen LogP contribution in [0, 0.1) is 0 Å². The zero-order chi connectivity index (χ0) is 20.7. The van der Waals surface area contributed by atoms with Crippen LogP contribution in [0.2, 0.25) is 0 Å². The molecule has 7 heteroatoms. The van der Waals surface area contributed by atoms with Crippen molar-refractivity contribution in [1.29, 1.82) is 0 Å². The van der Waals surface area contributed by atoms with E-state index in [9.17, 15) is 8.42 Å². The van der Waals surface area contributed by atoms with Crippen molar-refractivity contribution in [3.05, 3.63) is 83.9 Å². The zero-order valence-electron chi connectivity index (χ0n) is 16.0. The lowest BCUT2D eigenvalue weighted by Gasteiger charge is -2.25. The van der Waals surface area contributed by atoms with Crippen LogP contribution >= 0.6 is 12.2 Å². The van der Waals surface area contributed by atoms with Crippen LogP contribution in [0.15, 0.2) is 87.7 Å². The maximum Gasteiger partial charge on any atom is 0.207 e. The van der Waals surface area contributed by atoms with Crippen molar-refractivity contribution in [2.45, 2.75) is 28.8 Å². The number of fused-ring (bicyclic) bond motifs is 3. The molecule has 0 aliphatic carbocycles. The van der Waals surface area contributed by atoms with Gasteiger partial charge in [0.2, 0.25) is 9.84 Å². The number of thiocarbonyl (C=S) groups is 1. The molecule has 0 saturated heterocycles. The van der Waals surface area contributed by atoms with E-state index in [4.69, 9.17) is 12.2 Å². The summed E-state index contributed by atoms with van der Waals surface area (Å²) in [5.41, 5.74) is 7.35. The predicted octanol–water partition coefficient (Wildman–Crippen LogP) is 3.68. The lowest BCUT2D eigenvalue weighted by molar-refractivity contribution is 0.598. The first-order valence-electron chi connectivity index (χ1n) is 9.67. The molecule has 0 spiro atoms. The molecule has 0 fully saturated rings. The van der Waals surface area contributed by atoms with Gasteiger partial charge in [-0.15, -0.1) is 0 Å². The number of rotatable bonds is 4. The molecular formula is C23H19N3O2S2. The van der Waals surface area contributed by atoms with Crippen molar-refractivity contribution in [3.63, 3.8) is 0 Å². The second kappa shape index (κ2) is 7.43. The van der Waals surface area contributed by atoms with Crippen LogP contribution in [0.4, 0.5) is 0 Å². The fraction of sp³-hybridized carbons (Fsp3) is 0.130. The number of nitrogens with zero attached hydrogens (tertiary/aromatic N) is 1. The molecule has 1 atom stereocenters. The molecular weight excluding hydrogens is 414 g/mol. The van der Waals surface area contributed by atoms with E-state index in [-0.39, 0.29) is 6.04 Å². The molecule has 5 nitrogen and oxygen atoms in total. The number of nitrogens with one attached hydrogen (secondary N) is 2. The highest BCUT2D eigenvalue weighted by atomic mass is 32.2. The molecule has 0 saturated carbocycles. The molecule has 3 aromatic carbocycles. The summed E-state index contributed by atoms with van der Waals surface area (Å²) in [6, 6.07) is 22.7. The molecule has 2 N–H and O–H groups in total. The van der Waals surface area contributed by atoms with Crippen molar-refractivity contribution in [1.82, 2.24) is 10.7 Å². The van der Waals surface area contributed by atoms with Crippen molar-refractivity contribution >= 4 is 32.8 Å². The van der Waals surface area contributed by atoms with E-state index in [0.29, 0.717) is 27.7 Å². The maximum absolute atomic E-state index is 12.8. The van der Waals surface area contributed by atoms with Gasteiger partial charge in [0.15, 0.2) is 0 Å². The second-order valence-electron chi connectivity index (χ2n) is 7.37. The number of sulfone groups is 1. The van der Waals surface area contributed by atoms with E-state index >= 15 is 0 Å². The Balaban J connectivity index is 1.43. The van der Waals surface area contributed by atoms with Crippen LogP contribution in [-0.4, -0.2) is 25.2 Å². The smallest absolute Gasteiger partial charge is 0.207 e. The highest BCUT2D eigenvalue weighted by Crippen LogP contribution is 2.43. The van der Waals surface area contributed by atoms with Gasteiger partial charge >= 0.3 is 0 Å². The summed E-state index contributed by atoms with van der Waals surface area (Å²) in [5.74, 6) is 0. The topological polar surface area (TPSA) is 70.6 Å². The number of hydrogen-bond acceptors (Lipinski definition) is 5. The zero-order valence-corrected chi connectivity index (χ0v) is 17.6. The number of benzene rings is 3. The maximum atomic E-state index is 12.8.